The molecule has 1 N–H and O–H groups in total. The highest BCUT2D eigenvalue weighted by Crippen LogP contribution is 2.15. The van der Waals surface area contributed by atoms with Crippen LogP contribution in [0.2, 0.25) is 0 Å². The Hall–Kier alpha value is -3.35. The number of aromatic nitrogens is 1. The second-order valence-corrected chi connectivity index (χ2v) is 7.08. The zero-order chi connectivity index (χ0) is 20.8. The van der Waals surface area contributed by atoms with Gasteiger partial charge in [0.15, 0.2) is 12.2 Å². The van der Waals surface area contributed by atoms with Gasteiger partial charge in [-0.3, -0.25) is 14.2 Å². The Labute approximate surface area is 168 Å². The third-order valence-electron chi connectivity index (χ3n) is 4.61. The number of amides is 1. The summed E-state index contributed by atoms with van der Waals surface area (Å²) in [7, 11) is 0. The second kappa shape index (κ2) is 9.23. The summed E-state index contributed by atoms with van der Waals surface area (Å²) in [4.78, 5) is 35.7. The zero-order valence-electron chi connectivity index (χ0n) is 16.5. The molecule has 0 saturated heterocycles. The number of rotatable bonds is 8. The van der Waals surface area contributed by atoms with Crippen LogP contribution in [-0.4, -0.2) is 29.6 Å². The van der Waals surface area contributed by atoms with Gasteiger partial charge in [0.05, 0.1) is 5.52 Å². The van der Waals surface area contributed by atoms with Crippen LogP contribution >= 0.6 is 0 Å². The van der Waals surface area contributed by atoms with E-state index in [-0.39, 0.29) is 12.5 Å². The van der Waals surface area contributed by atoms with Gasteiger partial charge in [-0.2, -0.15) is 0 Å². The van der Waals surface area contributed by atoms with Crippen molar-refractivity contribution in [2.45, 2.75) is 32.7 Å². The molecule has 0 saturated carbocycles. The lowest BCUT2D eigenvalue weighted by atomic mass is 10.0. The minimum absolute atomic E-state index is 0.314. The summed E-state index contributed by atoms with van der Waals surface area (Å²) in [6, 6.07) is 15.1. The fraction of sp³-hybridized carbons (Fsp3) is 0.318. The third kappa shape index (κ3) is 5.34. The van der Waals surface area contributed by atoms with E-state index in [4.69, 9.17) is 9.15 Å². The van der Waals surface area contributed by atoms with Crippen molar-refractivity contribution in [1.29, 1.82) is 0 Å². The number of ether oxygens (including phenoxy) is 1. The van der Waals surface area contributed by atoms with Gasteiger partial charge in [-0.25, -0.2) is 4.79 Å². The summed E-state index contributed by atoms with van der Waals surface area (Å²) in [5.74, 6) is -1.23. The summed E-state index contributed by atoms with van der Waals surface area (Å²) >= 11 is 0. The summed E-state index contributed by atoms with van der Waals surface area (Å²) in [5.41, 5.74) is 3.29. The van der Waals surface area contributed by atoms with Crippen molar-refractivity contribution in [3.63, 3.8) is 0 Å². The predicted octanol–water partition coefficient (Wildman–Crippen LogP) is 2.62. The van der Waals surface area contributed by atoms with E-state index in [1.807, 2.05) is 0 Å². The molecule has 0 atom stereocenters. The number of oxazole rings is 1. The maximum atomic E-state index is 12.0. The molecule has 1 aromatic heterocycles. The van der Waals surface area contributed by atoms with Crippen LogP contribution in [0.1, 0.15) is 30.9 Å². The lowest BCUT2D eigenvalue weighted by Crippen LogP contribution is -2.31. The van der Waals surface area contributed by atoms with Crippen molar-refractivity contribution >= 4 is 23.0 Å². The summed E-state index contributed by atoms with van der Waals surface area (Å²) in [6.45, 7) is 4.02. The van der Waals surface area contributed by atoms with Gasteiger partial charge in [0.25, 0.3) is 5.91 Å². The minimum atomic E-state index is -0.682. The Balaban J connectivity index is 1.42. The average molecular weight is 396 g/mol. The molecule has 0 aliphatic heterocycles. The highest BCUT2D eigenvalue weighted by Gasteiger charge is 2.14. The number of hydrogen-bond acceptors (Lipinski definition) is 5. The van der Waals surface area contributed by atoms with Gasteiger partial charge < -0.3 is 14.5 Å². The van der Waals surface area contributed by atoms with E-state index in [0.717, 1.165) is 5.56 Å². The fourth-order valence-electron chi connectivity index (χ4n) is 2.95. The van der Waals surface area contributed by atoms with Crippen LogP contribution in [-0.2, 0) is 27.3 Å². The molecule has 0 aliphatic rings. The molecule has 0 radical (unpaired) electrons. The van der Waals surface area contributed by atoms with Crippen molar-refractivity contribution in [1.82, 2.24) is 9.88 Å². The highest BCUT2D eigenvalue weighted by molar-refractivity contribution is 5.81. The number of para-hydroxylation sites is 2. The first-order chi connectivity index (χ1) is 13.9. The molecule has 7 heteroatoms. The lowest BCUT2D eigenvalue weighted by Gasteiger charge is -2.08. The molecule has 0 unspecified atom stereocenters. The summed E-state index contributed by atoms with van der Waals surface area (Å²) in [5, 5.41) is 2.72. The number of carbonyl (C=O) groups is 2. The molecule has 0 bridgehead atoms. The Kier molecular flexibility index (Phi) is 6.49. The van der Waals surface area contributed by atoms with E-state index in [0.29, 0.717) is 30.0 Å². The molecule has 1 heterocycles. The number of nitrogens with zero attached hydrogens (tertiary/aromatic N) is 1. The van der Waals surface area contributed by atoms with Gasteiger partial charge in [0, 0.05) is 6.54 Å². The van der Waals surface area contributed by atoms with Gasteiger partial charge in [-0.15, -0.1) is 0 Å². The molecule has 29 heavy (non-hydrogen) atoms. The first-order valence-corrected chi connectivity index (χ1v) is 9.53. The van der Waals surface area contributed by atoms with E-state index >= 15 is 0 Å². The number of carbonyl (C=O) groups excluding carboxylic acids is 2. The van der Waals surface area contributed by atoms with Gasteiger partial charge in [-0.05, 0) is 35.6 Å². The molecule has 3 rings (SSSR count). The molecular weight excluding hydrogens is 372 g/mol. The van der Waals surface area contributed by atoms with Crippen LogP contribution < -0.4 is 11.1 Å². The Morgan fingerprint density at radius 3 is 2.55 bits per heavy atom. The summed E-state index contributed by atoms with van der Waals surface area (Å²) in [6.07, 6.45) is 0.689. The molecule has 2 aromatic carbocycles. The van der Waals surface area contributed by atoms with Crippen molar-refractivity contribution in [3.05, 3.63) is 70.2 Å². The van der Waals surface area contributed by atoms with Gasteiger partial charge in [0.2, 0.25) is 0 Å². The lowest BCUT2D eigenvalue weighted by molar-refractivity contribution is -0.149. The number of benzene rings is 2. The van der Waals surface area contributed by atoms with Gasteiger partial charge >= 0.3 is 11.7 Å². The standard InChI is InChI=1S/C22H24N2O5/c1-15(2)17-9-7-16(8-10-17)11-12-23-20(25)14-28-21(26)13-24-18-5-3-4-6-19(18)29-22(24)27/h3-10,15H,11-14H2,1-2H3,(H,23,25). The SMILES string of the molecule is CC(C)c1ccc(CCNC(=O)COC(=O)Cn2c(=O)oc3ccccc32)cc1. The summed E-state index contributed by atoms with van der Waals surface area (Å²) < 4.78 is 11.2. The van der Waals surface area contributed by atoms with Crippen molar-refractivity contribution in [3.8, 4) is 0 Å². The van der Waals surface area contributed by atoms with E-state index in [2.05, 4.69) is 43.4 Å². The van der Waals surface area contributed by atoms with Crippen LogP contribution in [0.5, 0.6) is 0 Å². The Morgan fingerprint density at radius 1 is 1.10 bits per heavy atom. The first-order valence-electron chi connectivity index (χ1n) is 9.53. The van der Waals surface area contributed by atoms with Crippen LogP contribution in [0.15, 0.2) is 57.7 Å². The van der Waals surface area contributed by atoms with E-state index in [1.54, 1.807) is 24.3 Å². The van der Waals surface area contributed by atoms with Crippen molar-refractivity contribution in [2.75, 3.05) is 13.2 Å². The molecule has 0 fully saturated rings. The number of esters is 1. The molecule has 3 aromatic rings. The smallest absolute Gasteiger partial charge is 0.420 e. The largest absolute Gasteiger partial charge is 0.454 e. The minimum Gasteiger partial charge on any atom is -0.454 e. The quantitative estimate of drug-likeness (QED) is 0.591. The molecule has 7 nitrogen and oxygen atoms in total. The predicted molar refractivity (Wildman–Crippen MR) is 109 cm³/mol. The molecule has 152 valence electrons. The van der Waals surface area contributed by atoms with E-state index in [1.165, 1.54) is 10.1 Å². The maximum absolute atomic E-state index is 12.0. The zero-order valence-corrected chi connectivity index (χ0v) is 16.5. The molecular formula is C22H24N2O5. The second-order valence-electron chi connectivity index (χ2n) is 7.08. The van der Waals surface area contributed by atoms with Crippen molar-refractivity contribution in [2.24, 2.45) is 0 Å². The number of fused-ring (bicyclic) bond motifs is 1. The average Bonchev–Trinajstić information content (AvgIpc) is 3.02. The van der Waals surface area contributed by atoms with Crippen LogP contribution in [0.25, 0.3) is 11.1 Å². The maximum Gasteiger partial charge on any atom is 0.420 e. The molecule has 0 aliphatic carbocycles. The number of hydrogen-bond donors (Lipinski definition) is 1. The first kappa shape index (κ1) is 20.4. The topological polar surface area (TPSA) is 90.5 Å². The van der Waals surface area contributed by atoms with Gasteiger partial charge in [0.1, 0.15) is 6.54 Å². The Bertz CT molecular complexity index is 1050. The van der Waals surface area contributed by atoms with E-state index < -0.39 is 18.3 Å². The van der Waals surface area contributed by atoms with Crippen LogP contribution in [0.3, 0.4) is 0 Å². The van der Waals surface area contributed by atoms with Crippen LogP contribution in [0.4, 0.5) is 0 Å². The normalized spacial score (nSPS) is 11.0. The van der Waals surface area contributed by atoms with Gasteiger partial charge in [-0.1, -0.05) is 50.2 Å². The number of nitrogens with one attached hydrogen (secondary N) is 1. The Morgan fingerprint density at radius 2 is 1.83 bits per heavy atom. The fourth-order valence-corrected chi connectivity index (χ4v) is 2.95. The molecule has 0 spiro atoms. The van der Waals surface area contributed by atoms with E-state index in [9.17, 15) is 14.4 Å². The monoisotopic (exact) mass is 396 g/mol. The highest BCUT2D eigenvalue weighted by atomic mass is 16.5. The van der Waals surface area contributed by atoms with Crippen molar-refractivity contribution < 1.29 is 18.7 Å². The van der Waals surface area contributed by atoms with Crippen LogP contribution in [0, 0.1) is 0 Å². The molecule has 1 amide bonds. The third-order valence-corrected chi connectivity index (χ3v) is 4.61.